The Bertz CT molecular complexity index is 1240. The summed E-state index contributed by atoms with van der Waals surface area (Å²) in [5, 5.41) is 4.92. The van der Waals surface area contributed by atoms with E-state index in [9.17, 15) is 31.5 Å². The second-order valence-electron chi connectivity index (χ2n) is 7.22. The number of hydrogen-bond acceptors (Lipinski definition) is 3. The molecule has 11 heteroatoms. The van der Waals surface area contributed by atoms with Gasteiger partial charge in [0.25, 0.3) is 5.91 Å². The van der Waals surface area contributed by atoms with E-state index >= 15 is 0 Å². The predicted molar refractivity (Wildman–Crippen MR) is 120 cm³/mol. The molecule has 0 saturated carbocycles. The van der Waals surface area contributed by atoms with Crippen LogP contribution in [-0.4, -0.2) is 18.5 Å². The third-order valence-electron chi connectivity index (χ3n) is 4.83. The van der Waals surface area contributed by atoms with E-state index in [1.165, 1.54) is 30.3 Å². The molecular weight excluding hydrogens is 477 g/mol. The summed E-state index contributed by atoms with van der Waals surface area (Å²) in [6, 6.07) is 9.82. The van der Waals surface area contributed by atoms with E-state index in [4.69, 9.17) is 0 Å². The van der Waals surface area contributed by atoms with Crippen molar-refractivity contribution >= 4 is 36.1 Å². The largest absolute Gasteiger partial charge is 0.337 e. The van der Waals surface area contributed by atoms with Gasteiger partial charge >= 0.3 is 6.03 Å². The van der Waals surface area contributed by atoms with Crippen LogP contribution in [0.15, 0.2) is 48.5 Å². The summed E-state index contributed by atoms with van der Waals surface area (Å²) < 4.78 is 67.7. The predicted octanol–water partition coefficient (Wildman–Crippen LogP) is 5.55. The quantitative estimate of drug-likeness (QED) is 0.182. The number of hydrogen-bond donors (Lipinski definition) is 3. The number of nitrogens with zero attached hydrogens (tertiary/aromatic N) is 1. The third-order valence-corrected chi connectivity index (χ3v) is 5.22. The number of carbonyl (C=O) groups excluding carboxylic acids is 2. The lowest BCUT2D eigenvalue weighted by Gasteiger charge is -2.19. The summed E-state index contributed by atoms with van der Waals surface area (Å²) in [7, 11) is 0. The van der Waals surface area contributed by atoms with Crippen molar-refractivity contribution < 1.29 is 31.5 Å². The van der Waals surface area contributed by atoms with Crippen LogP contribution in [0.25, 0.3) is 0 Å². The summed E-state index contributed by atoms with van der Waals surface area (Å²) >= 11 is 4.18. The Labute approximate surface area is 197 Å². The summed E-state index contributed by atoms with van der Waals surface area (Å²) in [5.74, 6) is -9.17. The van der Waals surface area contributed by atoms with Crippen LogP contribution in [-0.2, 0) is 6.42 Å². The molecule has 0 aliphatic carbocycles. The highest BCUT2D eigenvalue weighted by Crippen LogP contribution is 2.26. The van der Waals surface area contributed by atoms with Crippen molar-refractivity contribution in [2.45, 2.75) is 13.3 Å². The normalized spacial score (nSPS) is 10.7. The smallest absolute Gasteiger partial charge is 0.331 e. The fourth-order valence-corrected chi connectivity index (χ4v) is 3.35. The molecule has 3 aromatic carbocycles. The summed E-state index contributed by atoms with van der Waals surface area (Å²) in [5.41, 5.74) is 0.814. The number of thiol groups is 1. The van der Waals surface area contributed by atoms with E-state index in [1.54, 1.807) is 19.1 Å². The monoisotopic (exact) mass is 495 g/mol. The van der Waals surface area contributed by atoms with Crippen molar-refractivity contribution in [2.24, 2.45) is 0 Å². The molecule has 5 nitrogen and oxygen atoms in total. The van der Waals surface area contributed by atoms with E-state index in [0.717, 1.165) is 9.87 Å². The number of rotatable bonds is 6. The summed E-state index contributed by atoms with van der Waals surface area (Å²) in [6.07, 6.45) is 0.471. The fourth-order valence-electron chi connectivity index (χ4n) is 3.06. The molecule has 0 atom stereocenters. The van der Waals surface area contributed by atoms with Crippen LogP contribution < -0.4 is 14.9 Å². The Balaban J connectivity index is 1.64. The molecule has 0 fully saturated rings. The molecule has 0 aliphatic rings. The number of benzene rings is 3. The van der Waals surface area contributed by atoms with Crippen molar-refractivity contribution in [1.29, 1.82) is 0 Å². The zero-order valence-electron chi connectivity index (χ0n) is 17.6. The summed E-state index contributed by atoms with van der Waals surface area (Å²) in [6.45, 7) is 1.88. The lowest BCUT2D eigenvalue weighted by Crippen LogP contribution is -2.35. The van der Waals surface area contributed by atoms with Gasteiger partial charge in [0.05, 0.1) is 11.3 Å². The Morgan fingerprint density at radius 1 is 0.912 bits per heavy atom. The number of aryl methyl sites for hydroxylation is 1. The van der Waals surface area contributed by atoms with Crippen molar-refractivity contribution in [3.05, 3.63) is 94.3 Å². The highest BCUT2D eigenvalue weighted by atomic mass is 32.1. The van der Waals surface area contributed by atoms with Crippen LogP contribution >= 0.6 is 12.8 Å². The second kappa shape index (κ2) is 10.6. The maximum atomic E-state index is 13.8. The van der Waals surface area contributed by atoms with E-state index in [-0.39, 0.29) is 24.1 Å². The van der Waals surface area contributed by atoms with Gasteiger partial charge in [-0.3, -0.25) is 4.79 Å². The maximum Gasteiger partial charge on any atom is 0.331 e. The Morgan fingerprint density at radius 3 is 2.24 bits per heavy atom. The number of halogens is 5. The van der Waals surface area contributed by atoms with Crippen molar-refractivity contribution in [3.63, 3.8) is 0 Å². The first kappa shape index (κ1) is 25.0. The van der Waals surface area contributed by atoms with Crippen molar-refractivity contribution in [2.75, 3.05) is 16.2 Å². The minimum Gasteiger partial charge on any atom is -0.337 e. The molecular formula is C23H18F5N3O2S. The Morgan fingerprint density at radius 2 is 1.59 bits per heavy atom. The molecule has 3 aromatic rings. The lowest BCUT2D eigenvalue weighted by molar-refractivity contribution is 0.102. The minimum absolute atomic E-state index is 0.134. The van der Waals surface area contributed by atoms with Gasteiger partial charge in [0.15, 0.2) is 23.3 Å². The molecule has 34 heavy (non-hydrogen) atoms. The van der Waals surface area contributed by atoms with Crippen LogP contribution in [0, 0.1) is 36.0 Å². The molecule has 0 saturated heterocycles. The van der Waals surface area contributed by atoms with Crippen LogP contribution in [0.3, 0.4) is 0 Å². The number of amides is 3. The fraction of sp³-hybridized carbons (Fsp3) is 0.130. The molecule has 0 bridgehead atoms. The first-order valence-electron chi connectivity index (χ1n) is 9.84. The van der Waals surface area contributed by atoms with E-state index in [2.05, 4.69) is 23.4 Å². The van der Waals surface area contributed by atoms with E-state index in [1.807, 2.05) is 0 Å². The number of nitrogens with one attached hydrogen (secondary N) is 2. The van der Waals surface area contributed by atoms with Gasteiger partial charge in [0, 0.05) is 12.2 Å². The third kappa shape index (κ3) is 5.66. The van der Waals surface area contributed by atoms with Crippen LogP contribution in [0.5, 0.6) is 0 Å². The minimum atomic E-state index is -2.09. The zero-order valence-corrected chi connectivity index (χ0v) is 18.5. The van der Waals surface area contributed by atoms with Gasteiger partial charge in [-0.25, -0.2) is 31.1 Å². The Kier molecular flexibility index (Phi) is 7.77. The standard InChI is InChI=1S/C23H18F5N3O2S/c1-12-10-15(30-22(32)16-11-17(25)20(27)21(28)19(16)26)6-7-18(12)31(34)23(33)29-9-8-13-2-4-14(24)5-3-13/h2-7,10-11,34H,8-9H2,1H3,(H,29,33)(H,30,32). The van der Waals surface area contributed by atoms with Crippen molar-refractivity contribution in [3.8, 4) is 0 Å². The first-order valence-corrected chi connectivity index (χ1v) is 10.2. The average Bonchev–Trinajstić information content (AvgIpc) is 2.80. The maximum absolute atomic E-state index is 13.8. The van der Waals surface area contributed by atoms with Gasteiger partial charge < -0.3 is 10.6 Å². The Hall–Kier alpha value is -3.60. The van der Waals surface area contributed by atoms with Gasteiger partial charge in [0.1, 0.15) is 5.82 Å². The first-order chi connectivity index (χ1) is 16.1. The van der Waals surface area contributed by atoms with Crippen LogP contribution in [0.2, 0.25) is 0 Å². The van der Waals surface area contributed by atoms with Gasteiger partial charge in [-0.2, -0.15) is 0 Å². The molecule has 0 aliphatic heterocycles. The van der Waals surface area contributed by atoms with Crippen molar-refractivity contribution in [1.82, 2.24) is 5.32 Å². The molecule has 3 rings (SSSR count). The summed E-state index contributed by atoms with van der Waals surface area (Å²) in [4.78, 5) is 24.6. The van der Waals surface area contributed by atoms with Gasteiger partial charge in [-0.15, -0.1) is 0 Å². The molecule has 0 spiro atoms. The van der Waals surface area contributed by atoms with Crippen LogP contribution in [0.1, 0.15) is 21.5 Å². The topological polar surface area (TPSA) is 61.4 Å². The van der Waals surface area contributed by atoms with E-state index in [0.29, 0.717) is 17.7 Å². The molecule has 0 aromatic heterocycles. The average molecular weight is 495 g/mol. The number of carbonyl (C=O) groups is 2. The van der Waals surface area contributed by atoms with Gasteiger partial charge in [-0.1, -0.05) is 24.9 Å². The van der Waals surface area contributed by atoms with Gasteiger partial charge in [-0.05, 0) is 60.9 Å². The molecule has 3 amide bonds. The highest BCUT2D eigenvalue weighted by Gasteiger charge is 2.23. The molecule has 178 valence electrons. The SMILES string of the molecule is Cc1cc(NC(=O)c2cc(F)c(F)c(F)c2F)ccc1N(S)C(=O)NCCc1ccc(F)cc1. The molecule has 2 N–H and O–H groups in total. The zero-order chi connectivity index (χ0) is 25.0. The molecule has 0 radical (unpaired) electrons. The molecule has 0 heterocycles. The molecule has 0 unspecified atom stereocenters. The number of urea groups is 1. The van der Waals surface area contributed by atoms with Gasteiger partial charge in [0.2, 0.25) is 0 Å². The lowest BCUT2D eigenvalue weighted by atomic mass is 10.1. The van der Waals surface area contributed by atoms with E-state index < -0.39 is 40.8 Å². The van der Waals surface area contributed by atoms with Crippen LogP contribution in [0.4, 0.5) is 38.1 Å². The highest BCUT2D eigenvalue weighted by molar-refractivity contribution is 7.82. The number of anilines is 2. The second-order valence-corrected chi connectivity index (χ2v) is 7.62.